The normalized spacial score (nSPS) is 16.5. The van der Waals surface area contributed by atoms with E-state index in [1.807, 2.05) is 6.92 Å². The Kier molecular flexibility index (Phi) is 5.20. The molecule has 0 saturated heterocycles. The Hall–Kier alpha value is -1.44. The number of rotatable bonds is 7. The standard InChI is InChI=1S/C15H23N3O3S/c1-10(2)18-22(20,21)14-8-6-13(7-9-14)17-15(19)11(3)16-12-4-5-12/h6-12,16,18H,4-5H2,1-3H3,(H,17,19). The monoisotopic (exact) mass is 325 g/mol. The van der Waals surface area contributed by atoms with Gasteiger partial charge in [0.1, 0.15) is 0 Å². The van der Waals surface area contributed by atoms with Gasteiger partial charge in [0.25, 0.3) is 0 Å². The summed E-state index contributed by atoms with van der Waals surface area (Å²) in [7, 11) is -3.50. The number of anilines is 1. The molecule has 1 aliphatic rings. The SMILES string of the molecule is CC(C)NS(=O)(=O)c1ccc(NC(=O)C(C)NC2CC2)cc1. The van der Waals surface area contributed by atoms with Gasteiger partial charge in [0.15, 0.2) is 0 Å². The lowest BCUT2D eigenvalue weighted by atomic mass is 10.2. The van der Waals surface area contributed by atoms with Gasteiger partial charge in [-0.25, -0.2) is 13.1 Å². The highest BCUT2D eigenvalue weighted by Crippen LogP contribution is 2.20. The second kappa shape index (κ2) is 6.76. The maximum absolute atomic E-state index is 12.0. The lowest BCUT2D eigenvalue weighted by Crippen LogP contribution is -2.39. The molecule has 1 atom stereocenters. The smallest absolute Gasteiger partial charge is 0.241 e. The average Bonchev–Trinajstić information content (AvgIpc) is 3.21. The first kappa shape index (κ1) is 16.9. The Labute approximate surface area is 131 Å². The Morgan fingerprint density at radius 1 is 1.14 bits per heavy atom. The van der Waals surface area contributed by atoms with Crippen LogP contribution in [0.25, 0.3) is 0 Å². The van der Waals surface area contributed by atoms with Crippen LogP contribution in [0.1, 0.15) is 33.6 Å². The minimum Gasteiger partial charge on any atom is -0.325 e. The molecule has 2 rings (SSSR count). The maximum atomic E-state index is 12.0. The zero-order valence-corrected chi connectivity index (χ0v) is 13.9. The van der Waals surface area contributed by atoms with Gasteiger partial charge in [0.05, 0.1) is 10.9 Å². The van der Waals surface area contributed by atoms with E-state index in [1.54, 1.807) is 26.0 Å². The first-order chi connectivity index (χ1) is 10.3. The molecule has 3 N–H and O–H groups in total. The van der Waals surface area contributed by atoms with Gasteiger partial charge in [-0.05, 0) is 57.9 Å². The van der Waals surface area contributed by atoms with Crippen molar-refractivity contribution in [3.63, 3.8) is 0 Å². The molecule has 0 spiro atoms. The summed E-state index contributed by atoms with van der Waals surface area (Å²) >= 11 is 0. The third-order valence-corrected chi connectivity index (χ3v) is 4.95. The molecule has 1 aromatic rings. The van der Waals surface area contributed by atoms with Gasteiger partial charge in [0, 0.05) is 17.8 Å². The number of amides is 1. The van der Waals surface area contributed by atoms with E-state index in [0.29, 0.717) is 11.7 Å². The van der Waals surface area contributed by atoms with Crippen molar-refractivity contribution in [3.8, 4) is 0 Å². The van der Waals surface area contributed by atoms with Gasteiger partial charge >= 0.3 is 0 Å². The quantitative estimate of drug-likeness (QED) is 0.708. The van der Waals surface area contributed by atoms with Gasteiger partial charge in [-0.1, -0.05) is 0 Å². The molecule has 6 nitrogen and oxygen atoms in total. The minimum atomic E-state index is -3.50. The largest absolute Gasteiger partial charge is 0.325 e. The number of hydrogen-bond acceptors (Lipinski definition) is 4. The van der Waals surface area contributed by atoms with E-state index in [4.69, 9.17) is 0 Å². The van der Waals surface area contributed by atoms with E-state index < -0.39 is 10.0 Å². The fraction of sp³-hybridized carbons (Fsp3) is 0.533. The molecule has 22 heavy (non-hydrogen) atoms. The maximum Gasteiger partial charge on any atom is 0.241 e. The van der Waals surface area contributed by atoms with Crippen molar-refractivity contribution < 1.29 is 13.2 Å². The van der Waals surface area contributed by atoms with Gasteiger partial charge in [-0.2, -0.15) is 0 Å². The van der Waals surface area contributed by atoms with Crippen LogP contribution < -0.4 is 15.4 Å². The zero-order valence-electron chi connectivity index (χ0n) is 13.1. The fourth-order valence-corrected chi connectivity index (χ4v) is 3.28. The van der Waals surface area contributed by atoms with Crippen molar-refractivity contribution in [2.24, 2.45) is 0 Å². The average molecular weight is 325 g/mol. The van der Waals surface area contributed by atoms with Gasteiger partial charge in [-0.3, -0.25) is 4.79 Å². The van der Waals surface area contributed by atoms with Crippen molar-refractivity contribution in [2.45, 2.75) is 56.6 Å². The van der Waals surface area contributed by atoms with Gasteiger partial charge in [-0.15, -0.1) is 0 Å². The van der Waals surface area contributed by atoms with Crippen LogP contribution in [0.4, 0.5) is 5.69 Å². The highest BCUT2D eigenvalue weighted by molar-refractivity contribution is 7.89. The van der Waals surface area contributed by atoms with Gasteiger partial charge < -0.3 is 10.6 Å². The number of carbonyl (C=O) groups is 1. The molecule has 1 fully saturated rings. The molecule has 0 bridgehead atoms. The van der Waals surface area contributed by atoms with E-state index in [-0.39, 0.29) is 22.9 Å². The van der Waals surface area contributed by atoms with Crippen molar-refractivity contribution in [1.82, 2.24) is 10.0 Å². The highest BCUT2D eigenvalue weighted by Gasteiger charge is 2.25. The van der Waals surface area contributed by atoms with Crippen molar-refractivity contribution in [2.75, 3.05) is 5.32 Å². The summed E-state index contributed by atoms with van der Waals surface area (Å²) in [5.74, 6) is -0.122. The van der Waals surface area contributed by atoms with Crippen LogP contribution >= 0.6 is 0 Å². The molecule has 0 radical (unpaired) electrons. The Bertz CT molecular complexity index is 622. The first-order valence-electron chi connectivity index (χ1n) is 7.47. The lowest BCUT2D eigenvalue weighted by molar-refractivity contribution is -0.117. The summed E-state index contributed by atoms with van der Waals surface area (Å²) < 4.78 is 26.5. The zero-order chi connectivity index (χ0) is 16.3. The summed E-state index contributed by atoms with van der Waals surface area (Å²) in [5.41, 5.74) is 0.581. The molecule has 1 unspecified atom stereocenters. The number of hydrogen-bond donors (Lipinski definition) is 3. The summed E-state index contributed by atoms with van der Waals surface area (Å²) in [6.45, 7) is 5.35. The molecule has 122 valence electrons. The molecule has 1 saturated carbocycles. The number of benzene rings is 1. The van der Waals surface area contributed by atoms with Crippen LogP contribution in [0, 0.1) is 0 Å². The summed E-state index contributed by atoms with van der Waals surface area (Å²) in [4.78, 5) is 12.2. The van der Waals surface area contributed by atoms with Crippen LogP contribution in [-0.2, 0) is 14.8 Å². The van der Waals surface area contributed by atoms with Crippen LogP contribution in [0.5, 0.6) is 0 Å². The molecule has 1 aliphatic carbocycles. The lowest BCUT2D eigenvalue weighted by Gasteiger charge is -2.14. The van der Waals surface area contributed by atoms with Crippen molar-refractivity contribution in [1.29, 1.82) is 0 Å². The first-order valence-corrected chi connectivity index (χ1v) is 8.95. The van der Waals surface area contributed by atoms with E-state index in [2.05, 4.69) is 15.4 Å². The minimum absolute atomic E-state index is 0.122. The fourth-order valence-electron chi connectivity index (χ4n) is 2.03. The molecule has 1 aromatic carbocycles. The van der Waals surface area contributed by atoms with E-state index in [9.17, 15) is 13.2 Å². The molecule has 0 heterocycles. The number of sulfonamides is 1. The second-order valence-corrected chi connectivity index (χ2v) is 7.67. The Morgan fingerprint density at radius 3 is 2.23 bits per heavy atom. The molecule has 7 heteroatoms. The summed E-state index contributed by atoms with van der Waals surface area (Å²) in [5, 5.41) is 5.99. The third-order valence-electron chi connectivity index (χ3n) is 3.28. The van der Waals surface area contributed by atoms with E-state index in [0.717, 1.165) is 12.8 Å². The molecular formula is C15H23N3O3S. The van der Waals surface area contributed by atoms with Crippen molar-refractivity contribution >= 4 is 21.6 Å². The Morgan fingerprint density at radius 2 is 1.73 bits per heavy atom. The Balaban J connectivity index is 1.97. The summed E-state index contributed by atoms with van der Waals surface area (Å²) in [6.07, 6.45) is 2.24. The number of carbonyl (C=O) groups excluding carboxylic acids is 1. The predicted molar refractivity (Wildman–Crippen MR) is 86.1 cm³/mol. The predicted octanol–water partition coefficient (Wildman–Crippen LogP) is 1.45. The van der Waals surface area contributed by atoms with Crippen LogP contribution in [0.2, 0.25) is 0 Å². The second-order valence-electron chi connectivity index (χ2n) is 5.95. The number of nitrogens with one attached hydrogen (secondary N) is 3. The van der Waals surface area contributed by atoms with Crippen LogP contribution in [0.15, 0.2) is 29.2 Å². The topological polar surface area (TPSA) is 87.3 Å². The molecule has 0 aromatic heterocycles. The third kappa shape index (κ3) is 4.79. The molecular weight excluding hydrogens is 302 g/mol. The van der Waals surface area contributed by atoms with E-state index >= 15 is 0 Å². The summed E-state index contributed by atoms with van der Waals surface area (Å²) in [6, 6.07) is 6.18. The van der Waals surface area contributed by atoms with Crippen molar-refractivity contribution in [3.05, 3.63) is 24.3 Å². The van der Waals surface area contributed by atoms with Gasteiger partial charge in [0.2, 0.25) is 15.9 Å². The van der Waals surface area contributed by atoms with Crippen LogP contribution in [0.3, 0.4) is 0 Å². The molecule has 1 amide bonds. The van der Waals surface area contributed by atoms with Crippen LogP contribution in [-0.4, -0.2) is 32.5 Å². The highest BCUT2D eigenvalue weighted by atomic mass is 32.2. The van der Waals surface area contributed by atoms with E-state index in [1.165, 1.54) is 12.1 Å². The molecule has 0 aliphatic heterocycles.